The molecule has 0 spiro atoms. The van der Waals surface area contributed by atoms with E-state index in [9.17, 15) is 22.0 Å². The lowest BCUT2D eigenvalue weighted by atomic mass is 9.87. The molecule has 0 atom stereocenters. The van der Waals surface area contributed by atoms with Gasteiger partial charge in [0.2, 0.25) is 0 Å². The highest BCUT2D eigenvalue weighted by Crippen LogP contribution is 2.40. The summed E-state index contributed by atoms with van der Waals surface area (Å²) in [5.41, 5.74) is 4.54. The molecule has 1 aromatic carbocycles. The molecule has 5 rings (SSSR count). The number of hydrogen-bond donors (Lipinski definition) is 2. The summed E-state index contributed by atoms with van der Waals surface area (Å²) in [7, 11) is -2.87. The van der Waals surface area contributed by atoms with Crippen LogP contribution in [0.25, 0.3) is 11.3 Å². The molecule has 194 valence electrons. The molecule has 2 aliphatic rings. The summed E-state index contributed by atoms with van der Waals surface area (Å²) >= 11 is 0. The quantitative estimate of drug-likeness (QED) is 0.490. The third kappa shape index (κ3) is 4.78. The van der Waals surface area contributed by atoms with Crippen molar-refractivity contribution in [2.45, 2.75) is 50.1 Å². The summed E-state index contributed by atoms with van der Waals surface area (Å²) in [6.45, 7) is 1.89. The van der Waals surface area contributed by atoms with Gasteiger partial charge in [0.25, 0.3) is 16.1 Å². The lowest BCUT2D eigenvalue weighted by Crippen LogP contribution is -2.35. The second-order valence-electron chi connectivity index (χ2n) is 8.98. The summed E-state index contributed by atoms with van der Waals surface area (Å²) < 4.78 is 59.5. The highest BCUT2D eigenvalue weighted by molar-refractivity contribution is 7.90. The number of sulfonamides is 1. The monoisotopic (exact) mass is 530 g/mol. The Morgan fingerprint density at radius 3 is 2.73 bits per heavy atom. The first kappa shape index (κ1) is 24.8. The predicted molar refractivity (Wildman–Crippen MR) is 130 cm³/mol. The van der Waals surface area contributed by atoms with Gasteiger partial charge in [-0.1, -0.05) is 6.07 Å². The van der Waals surface area contributed by atoms with Crippen LogP contribution in [-0.2, 0) is 22.9 Å². The number of aromatic nitrogens is 4. The highest BCUT2D eigenvalue weighted by Gasteiger charge is 2.31. The Labute approximate surface area is 211 Å². The van der Waals surface area contributed by atoms with Crippen molar-refractivity contribution >= 4 is 21.7 Å². The van der Waals surface area contributed by atoms with Gasteiger partial charge in [-0.05, 0) is 73.4 Å². The molecule has 2 heterocycles. The summed E-state index contributed by atoms with van der Waals surface area (Å²) in [4.78, 5) is 21.4. The fraction of sp³-hybridized carbons (Fsp3) is 0.333. The summed E-state index contributed by atoms with van der Waals surface area (Å²) in [6.07, 6.45) is 3.91. The van der Waals surface area contributed by atoms with Gasteiger partial charge in [-0.25, -0.2) is 14.5 Å². The van der Waals surface area contributed by atoms with E-state index in [0.29, 0.717) is 16.9 Å². The number of ether oxygens (including phenoxy) is 1. The first-order valence-corrected chi connectivity index (χ1v) is 13.1. The van der Waals surface area contributed by atoms with Crippen LogP contribution in [0.4, 0.5) is 19.3 Å². The van der Waals surface area contributed by atoms with E-state index in [2.05, 4.69) is 26.4 Å². The van der Waals surface area contributed by atoms with Crippen LogP contribution in [0.1, 0.15) is 42.0 Å². The number of carbonyl (C=O) groups is 1. The van der Waals surface area contributed by atoms with Crippen LogP contribution in [0.15, 0.2) is 47.3 Å². The van der Waals surface area contributed by atoms with E-state index >= 15 is 0 Å². The van der Waals surface area contributed by atoms with E-state index in [4.69, 9.17) is 4.74 Å². The molecular formula is C24H24F2N6O4S. The predicted octanol–water partition coefficient (Wildman–Crippen LogP) is 4.14. The maximum absolute atomic E-state index is 13.0. The minimum Gasteiger partial charge on any atom is -0.467 e. The molecule has 3 aromatic rings. The zero-order valence-electron chi connectivity index (χ0n) is 20.1. The molecule has 0 bridgehead atoms. The van der Waals surface area contributed by atoms with Gasteiger partial charge < -0.3 is 10.1 Å². The number of benzene rings is 1. The molecule has 1 saturated carbocycles. The van der Waals surface area contributed by atoms with Gasteiger partial charge >= 0.3 is 12.0 Å². The van der Waals surface area contributed by atoms with Crippen LogP contribution in [-0.4, -0.2) is 41.3 Å². The molecule has 10 nitrogen and oxygen atoms in total. The molecule has 0 radical (unpaired) electrons. The first-order chi connectivity index (χ1) is 17.7. The molecule has 0 unspecified atom stereocenters. The van der Waals surface area contributed by atoms with Gasteiger partial charge in [-0.15, -0.1) is 0 Å². The fourth-order valence-electron chi connectivity index (χ4n) is 4.77. The molecule has 2 N–H and O–H groups in total. The Bertz CT molecular complexity index is 1520. The zero-order chi connectivity index (χ0) is 26.3. The number of aryl methyl sites for hydroxylation is 2. The third-order valence-electron chi connectivity index (χ3n) is 6.60. The molecule has 37 heavy (non-hydrogen) atoms. The van der Waals surface area contributed by atoms with Crippen molar-refractivity contribution in [2.75, 3.05) is 12.4 Å². The summed E-state index contributed by atoms with van der Waals surface area (Å²) in [5, 5.41) is 6.35. The third-order valence-corrected chi connectivity index (χ3v) is 7.82. The average Bonchev–Trinajstić information content (AvgIpc) is 3.48. The molecular weight excluding hydrogens is 506 g/mol. The topological polar surface area (TPSA) is 128 Å². The number of urea groups is 1. The van der Waals surface area contributed by atoms with E-state index in [1.165, 1.54) is 24.1 Å². The molecule has 1 fully saturated rings. The fourth-order valence-corrected chi connectivity index (χ4v) is 5.61. The number of allylic oxidation sites excluding steroid dienone is 1. The van der Waals surface area contributed by atoms with Crippen molar-refractivity contribution in [1.29, 1.82) is 0 Å². The maximum Gasteiger partial charge on any atom is 0.333 e. The molecule has 2 amide bonds. The van der Waals surface area contributed by atoms with Crippen LogP contribution in [0.2, 0.25) is 0 Å². The number of fused-ring (bicyclic) bond motifs is 1. The largest absolute Gasteiger partial charge is 0.467 e. The van der Waals surface area contributed by atoms with E-state index in [0.717, 1.165) is 36.0 Å². The molecule has 2 aromatic heterocycles. The van der Waals surface area contributed by atoms with E-state index in [1.54, 1.807) is 12.3 Å². The van der Waals surface area contributed by atoms with Gasteiger partial charge in [-0.3, -0.25) is 4.68 Å². The molecule has 0 saturated heterocycles. The van der Waals surface area contributed by atoms with Gasteiger partial charge in [0.05, 0.1) is 24.5 Å². The van der Waals surface area contributed by atoms with Crippen LogP contribution in [0, 0.1) is 6.92 Å². The van der Waals surface area contributed by atoms with E-state index < -0.39 is 22.1 Å². The lowest BCUT2D eigenvalue weighted by Gasteiger charge is -2.28. The van der Waals surface area contributed by atoms with Crippen molar-refractivity contribution < 1.29 is 26.7 Å². The molecule has 0 aliphatic heterocycles. The van der Waals surface area contributed by atoms with Crippen LogP contribution < -0.4 is 14.8 Å². The number of methoxy groups -OCH3 is 1. The van der Waals surface area contributed by atoms with Gasteiger partial charge in [-0.2, -0.15) is 27.3 Å². The highest BCUT2D eigenvalue weighted by atomic mass is 32.2. The van der Waals surface area contributed by atoms with Crippen molar-refractivity contribution in [3.63, 3.8) is 0 Å². The summed E-state index contributed by atoms with van der Waals surface area (Å²) in [6, 6.07) is 3.82. The second-order valence-corrected chi connectivity index (χ2v) is 10.6. The van der Waals surface area contributed by atoms with Crippen LogP contribution >= 0.6 is 0 Å². The van der Waals surface area contributed by atoms with Gasteiger partial charge in [0.15, 0.2) is 5.03 Å². The Morgan fingerprint density at radius 2 is 2.00 bits per heavy atom. The number of rotatable bonds is 6. The smallest absolute Gasteiger partial charge is 0.333 e. The Kier molecular flexibility index (Phi) is 6.40. The number of halogens is 2. The van der Waals surface area contributed by atoms with Crippen molar-refractivity contribution in [3.05, 3.63) is 58.9 Å². The molecule has 13 heteroatoms. The second kappa shape index (κ2) is 9.54. The average molecular weight is 531 g/mol. The van der Waals surface area contributed by atoms with Gasteiger partial charge in [0, 0.05) is 18.0 Å². The first-order valence-electron chi connectivity index (χ1n) is 11.6. The van der Waals surface area contributed by atoms with Crippen molar-refractivity contribution in [3.8, 4) is 17.3 Å². The van der Waals surface area contributed by atoms with Gasteiger partial charge in [0.1, 0.15) is 0 Å². The summed E-state index contributed by atoms with van der Waals surface area (Å²) in [5.74, 6) is 0. The Morgan fingerprint density at radius 1 is 1.22 bits per heavy atom. The number of carbonyl (C=O) groups excluding carboxylic acids is 1. The number of nitrogens with zero attached hydrogens (tertiary/aromatic N) is 4. The number of anilines is 1. The minimum atomic E-state index is -4.32. The van der Waals surface area contributed by atoms with Crippen LogP contribution in [0.5, 0.6) is 6.01 Å². The number of nitrogens with one attached hydrogen (secondary N) is 2. The van der Waals surface area contributed by atoms with Crippen LogP contribution in [0.3, 0.4) is 0 Å². The maximum atomic E-state index is 13.0. The lowest BCUT2D eigenvalue weighted by molar-refractivity contribution is 0.256. The molecule has 2 aliphatic carbocycles. The minimum absolute atomic E-state index is 0.0326. The zero-order valence-corrected chi connectivity index (χ0v) is 20.9. The van der Waals surface area contributed by atoms with E-state index in [1.807, 2.05) is 11.6 Å². The number of amides is 2. The number of hydrogen-bond acceptors (Lipinski definition) is 7. The standard InChI is InChI=1S/C24H24F2N6O4S/c1-13-10-14-4-3-5-17(14)21(20(13)18-6-8-27-24(28-18)36-2)29-23(33)31-37(34,35)19-7-9-32(30-19)16-11-15(12-16)22(25)26/h6-10,16H,3-5,11-12H2,1-2H3,(H2,29,31,33). The SMILES string of the molecule is COc1nccc(-c2c(C)cc3c(c2NC(=O)NS(=O)(=O)c2ccn(C4CC(=C(F)F)C4)n2)CCC3)n1. The Hall–Kier alpha value is -3.87. The van der Waals surface area contributed by atoms with Crippen molar-refractivity contribution in [1.82, 2.24) is 24.5 Å². The van der Waals surface area contributed by atoms with Crippen molar-refractivity contribution in [2.24, 2.45) is 0 Å². The Balaban J connectivity index is 1.40. The normalized spacial score (nSPS) is 16.6. The van der Waals surface area contributed by atoms with E-state index in [-0.39, 0.29) is 35.5 Å².